The van der Waals surface area contributed by atoms with E-state index in [0.717, 1.165) is 12.7 Å². The highest BCUT2D eigenvalue weighted by atomic mass is 16.1. The molecule has 0 amide bonds. The maximum Gasteiger partial charge on any atom is 0.120 e. The predicted octanol–water partition coefficient (Wildman–Crippen LogP) is 1.94. The Balaban J connectivity index is 3.37. The summed E-state index contributed by atoms with van der Waals surface area (Å²) in [6.07, 6.45) is 4.36. The Morgan fingerprint density at radius 3 is 2.89 bits per heavy atom. The van der Waals surface area contributed by atoms with Gasteiger partial charge in [-0.2, -0.15) is 0 Å². The van der Waals surface area contributed by atoms with Crippen LogP contribution in [0.1, 0.15) is 19.8 Å². The summed E-state index contributed by atoms with van der Waals surface area (Å²) < 4.78 is 0. The lowest BCUT2D eigenvalue weighted by Gasteiger charge is -1.97. The number of carbonyl (C=O) groups excluding carboxylic acids is 1. The Bertz CT molecular complexity index is 121. The second-order valence-corrected chi connectivity index (χ2v) is 2.09. The van der Waals surface area contributed by atoms with E-state index in [9.17, 15) is 4.79 Å². The van der Waals surface area contributed by atoms with Gasteiger partial charge in [0.05, 0.1) is 0 Å². The molecule has 0 heterocycles. The minimum atomic E-state index is 0.438. The highest BCUT2D eigenvalue weighted by Gasteiger charge is 1.93. The van der Waals surface area contributed by atoms with Crippen LogP contribution in [0.25, 0.3) is 0 Å². The van der Waals surface area contributed by atoms with Gasteiger partial charge in [-0.05, 0) is 18.4 Å². The van der Waals surface area contributed by atoms with Crippen LogP contribution in [0, 0.1) is 5.92 Å². The van der Waals surface area contributed by atoms with Crippen LogP contribution in [-0.2, 0) is 4.79 Å². The number of hydrogen-bond donors (Lipinski definition) is 0. The molecule has 0 aromatic rings. The van der Waals surface area contributed by atoms with Crippen LogP contribution < -0.4 is 0 Å². The normalized spacial score (nSPS) is 11.7. The summed E-state index contributed by atoms with van der Waals surface area (Å²) in [5.41, 5.74) is 2.69. The van der Waals surface area contributed by atoms with E-state index in [4.69, 9.17) is 0 Å². The van der Waals surface area contributed by atoms with Crippen molar-refractivity contribution in [3.05, 3.63) is 18.4 Å². The van der Waals surface area contributed by atoms with Gasteiger partial charge in [0.25, 0.3) is 0 Å². The molecule has 0 aromatic carbocycles. The van der Waals surface area contributed by atoms with Gasteiger partial charge in [-0.1, -0.05) is 13.5 Å². The summed E-state index contributed by atoms with van der Waals surface area (Å²) >= 11 is 0. The lowest BCUT2D eigenvalue weighted by Crippen LogP contribution is -1.88. The fourth-order valence-corrected chi connectivity index (χ4v) is 0.615. The van der Waals surface area contributed by atoms with Crippen molar-refractivity contribution in [3.8, 4) is 0 Å². The standard InChI is InChI=1S/C8H12O/c1-3-5-8(2)6-4-7-9/h5,7-8H,1,4,6H2,2H3. The lowest BCUT2D eigenvalue weighted by atomic mass is 10.1. The van der Waals surface area contributed by atoms with Crippen molar-refractivity contribution in [2.45, 2.75) is 19.8 Å². The van der Waals surface area contributed by atoms with Crippen molar-refractivity contribution in [1.82, 2.24) is 0 Å². The molecule has 0 N–H and O–H groups in total. The van der Waals surface area contributed by atoms with Gasteiger partial charge in [0.2, 0.25) is 0 Å². The first-order valence-electron chi connectivity index (χ1n) is 3.11. The van der Waals surface area contributed by atoms with E-state index in [2.05, 4.69) is 12.3 Å². The Kier molecular flexibility index (Phi) is 4.85. The van der Waals surface area contributed by atoms with Crippen molar-refractivity contribution in [2.75, 3.05) is 0 Å². The highest BCUT2D eigenvalue weighted by molar-refractivity contribution is 5.49. The third kappa shape index (κ3) is 5.05. The van der Waals surface area contributed by atoms with Gasteiger partial charge < -0.3 is 4.79 Å². The van der Waals surface area contributed by atoms with Gasteiger partial charge in [-0.15, -0.1) is 5.73 Å². The maximum absolute atomic E-state index is 9.86. The average molecular weight is 124 g/mol. The summed E-state index contributed by atoms with van der Waals surface area (Å²) in [6.45, 7) is 5.48. The minimum absolute atomic E-state index is 0.438. The molecule has 0 saturated heterocycles. The quantitative estimate of drug-likeness (QED) is 0.413. The molecule has 0 rings (SSSR count). The van der Waals surface area contributed by atoms with E-state index in [-0.39, 0.29) is 0 Å². The molecule has 0 aliphatic rings. The van der Waals surface area contributed by atoms with E-state index in [1.165, 1.54) is 0 Å². The molecule has 1 nitrogen and oxygen atoms in total. The summed E-state index contributed by atoms with van der Waals surface area (Å²) in [6, 6.07) is 0. The highest BCUT2D eigenvalue weighted by Crippen LogP contribution is 2.03. The van der Waals surface area contributed by atoms with Crippen molar-refractivity contribution in [1.29, 1.82) is 0 Å². The van der Waals surface area contributed by atoms with E-state index in [0.29, 0.717) is 12.3 Å². The molecule has 0 spiro atoms. The zero-order chi connectivity index (χ0) is 7.11. The van der Waals surface area contributed by atoms with Crippen LogP contribution in [0.15, 0.2) is 18.4 Å². The van der Waals surface area contributed by atoms with Crippen LogP contribution in [0.4, 0.5) is 0 Å². The topological polar surface area (TPSA) is 17.1 Å². The zero-order valence-corrected chi connectivity index (χ0v) is 5.76. The third-order valence-corrected chi connectivity index (χ3v) is 1.14. The van der Waals surface area contributed by atoms with Gasteiger partial charge in [-0.25, -0.2) is 0 Å². The summed E-state index contributed by atoms with van der Waals surface area (Å²) in [4.78, 5) is 9.86. The third-order valence-electron chi connectivity index (χ3n) is 1.14. The molecule has 0 aromatic heterocycles. The SMILES string of the molecule is C=C=CC(C)CCC=O. The van der Waals surface area contributed by atoms with Gasteiger partial charge >= 0.3 is 0 Å². The molecule has 9 heavy (non-hydrogen) atoms. The van der Waals surface area contributed by atoms with Crippen LogP contribution in [0.2, 0.25) is 0 Å². The van der Waals surface area contributed by atoms with E-state index in [1.54, 1.807) is 0 Å². The molecule has 0 fully saturated rings. The van der Waals surface area contributed by atoms with Gasteiger partial charge in [0.1, 0.15) is 6.29 Å². The molecule has 1 heteroatoms. The summed E-state index contributed by atoms with van der Waals surface area (Å²) in [7, 11) is 0. The van der Waals surface area contributed by atoms with E-state index in [1.807, 2.05) is 13.0 Å². The monoisotopic (exact) mass is 124 g/mol. The fraction of sp³-hybridized carbons (Fsp3) is 0.500. The molecule has 0 aliphatic heterocycles. The molecule has 0 bridgehead atoms. The predicted molar refractivity (Wildman–Crippen MR) is 38.2 cm³/mol. The molecule has 0 saturated carbocycles. The maximum atomic E-state index is 9.86. The van der Waals surface area contributed by atoms with Crippen LogP contribution in [-0.4, -0.2) is 6.29 Å². The van der Waals surface area contributed by atoms with Crippen molar-refractivity contribution < 1.29 is 4.79 Å². The average Bonchev–Trinajstić information content (AvgIpc) is 1.85. The Hall–Kier alpha value is -0.810. The summed E-state index contributed by atoms with van der Waals surface area (Å²) in [5.74, 6) is 0.438. The van der Waals surface area contributed by atoms with Crippen molar-refractivity contribution in [2.24, 2.45) is 5.92 Å². The molecular formula is C8H12O. The zero-order valence-electron chi connectivity index (χ0n) is 5.76. The molecule has 50 valence electrons. The number of rotatable bonds is 4. The minimum Gasteiger partial charge on any atom is -0.303 e. The van der Waals surface area contributed by atoms with Crippen molar-refractivity contribution >= 4 is 6.29 Å². The Morgan fingerprint density at radius 2 is 2.44 bits per heavy atom. The van der Waals surface area contributed by atoms with Gasteiger partial charge in [-0.3, -0.25) is 0 Å². The molecular weight excluding hydrogens is 112 g/mol. The molecule has 1 unspecified atom stereocenters. The largest absolute Gasteiger partial charge is 0.303 e. The Morgan fingerprint density at radius 1 is 1.78 bits per heavy atom. The second kappa shape index (κ2) is 5.33. The number of carbonyl (C=O) groups is 1. The van der Waals surface area contributed by atoms with Crippen LogP contribution in [0.5, 0.6) is 0 Å². The van der Waals surface area contributed by atoms with Gasteiger partial charge in [0.15, 0.2) is 0 Å². The number of aldehydes is 1. The molecule has 0 radical (unpaired) electrons. The van der Waals surface area contributed by atoms with E-state index >= 15 is 0 Å². The van der Waals surface area contributed by atoms with Gasteiger partial charge in [0, 0.05) is 6.42 Å². The van der Waals surface area contributed by atoms with Crippen LogP contribution in [0.3, 0.4) is 0 Å². The Labute approximate surface area is 56.1 Å². The first-order chi connectivity index (χ1) is 4.31. The fourth-order valence-electron chi connectivity index (χ4n) is 0.615. The van der Waals surface area contributed by atoms with Crippen molar-refractivity contribution in [3.63, 3.8) is 0 Å². The molecule has 0 aliphatic carbocycles. The van der Waals surface area contributed by atoms with Crippen LogP contribution >= 0.6 is 0 Å². The first-order valence-corrected chi connectivity index (χ1v) is 3.11. The number of hydrogen-bond acceptors (Lipinski definition) is 1. The lowest BCUT2D eigenvalue weighted by molar-refractivity contribution is -0.108. The molecule has 1 atom stereocenters. The first kappa shape index (κ1) is 8.19. The smallest absolute Gasteiger partial charge is 0.120 e. The van der Waals surface area contributed by atoms with E-state index < -0.39 is 0 Å². The number of allylic oxidation sites excluding steroid dienone is 1. The second-order valence-electron chi connectivity index (χ2n) is 2.09. The summed E-state index contributed by atoms with van der Waals surface area (Å²) in [5, 5.41) is 0.